The third-order valence-electron chi connectivity index (χ3n) is 2.80. The topological polar surface area (TPSA) is 58.6 Å². The summed E-state index contributed by atoms with van der Waals surface area (Å²) in [7, 11) is 1.60. The Balaban J connectivity index is 2.74. The molecule has 0 aromatic heterocycles. The monoisotopic (exact) mass is 329 g/mol. The van der Waals surface area contributed by atoms with Crippen LogP contribution in [0.25, 0.3) is 0 Å². The zero-order chi connectivity index (χ0) is 14.4. The molecular weight excluding hydrogens is 310 g/mol. The molecule has 19 heavy (non-hydrogen) atoms. The number of methoxy groups -OCH3 is 1. The van der Waals surface area contributed by atoms with Gasteiger partial charge in [0.05, 0.1) is 11.6 Å². The molecule has 0 heterocycles. The van der Waals surface area contributed by atoms with Gasteiger partial charge in [-0.2, -0.15) is 0 Å². The lowest BCUT2D eigenvalue weighted by atomic mass is 10.0. The van der Waals surface area contributed by atoms with Gasteiger partial charge in [-0.25, -0.2) is 0 Å². The van der Waals surface area contributed by atoms with E-state index >= 15 is 0 Å². The number of rotatable bonds is 7. The summed E-state index contributed by atoms with van der Waals surface area (Å²) in [6, 6.07) is 5.18. The van der Waals surface area contributed by atoms with Crippen LogP contribution in [0.1, 0.15) is 25.8 Å². The Morgan fingerprint density at radius 1 is 1.47 bits per heavy atom. The maximum Gasteiger partial charge on any atom is 0.320 e. The van der Waals surface area contributed by atoms with Crippen LogP contribution in [0.2, 0.25) is 0 Å². The molecule has 106 valence electrons. The first-order valence-electron chi connectivity index (χ1n) is 6.23. The van der Waals surface area contributed by atoms with Gasteiger partial charge in [0.25, 0.3) is 0 Å². The van der Waals surface area contributed by atoms with E-state index in [1.807, 2.05) is 32.0 Å². The van der Waals surface area contributed by atoms with Crippen LogP contribution < -0.4 is 10.1 Å². The molecule has 0 saturated heterocycles. The van der Waals surface area contributed by atoms with Crippen LogP contribution in [0.3, 0.4) is 0 Å². The van der Waals surface area contributed by atoms with Crippen molar-refractivity contribution >= 4 is 21.9 Å². The number of nitrogens with one attached hydrogen (secondary N) is 1. The van der Waals surface area contributed by atoms with Crippen molar-refractivity contribution in [3.63, 3.8) is 0 Å². The fourth-order valence-corrected chi connectivity index (χ4v) is 2.47. The minimum Gasteiger partial charge on any atom is -0.495 e. The number of hydrogen-bond acceptors (Lipinski definition) is 3. The quantitative estimate of drug-likeness (QED) is 0.807. The summed E-state index contributed by atoms with van der Waals surface area (Å²) in [6.07, 6.45) is 0.603. The van der Waals surface area contributed by atoms with Gasteiger partial charge >= 0.3 is 5.97 Å². The third-order valence-corrected chi connectivity index (χ3v) is 3.42. The van der Waals surface area contributed by atoms with E-state index in [1.54, 1.807) is 7.11 Å². The first kappa shape index (κ1) is 16.0. The molecule has 0 radical (unpaired) electrons. The number of carboxylic acid groups (broad SMARTS) is 1. The summed E-state index contributed by atoms with van der Waals surface area (Å²) < 4.78 is 6.18. The van der Waals surface area contributed by atoms with Crippen LogP contribution in [-0.4, -0.2) is 24.2 Å². The van der Waals surface area contributed by atoms with E-state index < -0.39 is 12.0 Å². The average Bonchev–Trinajstić information content (AvgIpc) is 2.33. The summed E-state index contributed by atoms with van der Waals surface area (Å²) >= 11 is 3.41. The van der Waals surface area contributed by atoms with E-state index in [0.29, 0.717) is 18.9 Å². The minimum atomic E-state index is -0.817. The molecule has 2 N–H and O–H groups in total. The number of para-hydroxylation sites is 1. The van der Waals surface area contributed by atoms with Crippen molar-refractivity contribution in [2.75, 3.05) is 7.11 Å². The molecule has 1 aromatic carbocycles. The number of halogens is 1. The Morgan fingerprint density at radius 3 is 2.68 bits per heavy atom. The lowest BCUT2D eigenvalue weighted by Gasteiger charge is -2.18. The maximum atomic E-state index is 11.2. The Morgan fingerprint density at radius 2 is 2.16 bits per heavy atom. The molecule has 1 unspecified atom stereocenters. The van der Waals surface area contributed by atoms with E-state index in [4.69, 9.17) is 4.74 Å². The first-order valence-corrected chi connectivity index (χ1v) is 7.02. The lowest BCUT2D eigenvalue weighted by molar-refractivity contribution is -0.140. The Labute approximate surface area is 122 Å². The molecule has 5 heteroatoms. The second-order valence-electron chi connectivity index (χ2n) is 4.83. The van der Waals surface area contributed by atoms with E-state index in [2.05, 4.69) is 21.2 Å². The predicted molar refractivity (Wildman–Crippen MR) is 78.4 cm³/mol. The fourth-order valence-electron chi connectivity index (χ4n) is 1.90. The lowest BCUT2D eigenvalue weighted by Crippen LogP contribution is -2.37. The second-order valence-corrected chi connectivity index (χ2v) is 5.69. The molecule has 1 atom stereocenters. The van der Waals surface area contributed by atoms with E-state index in [-0.39, 0.29) is 0 Å². The minimum absolute atomic E-state index is 0.331. The van der Waals surface area contributed by atoms with Gasteiger partial charge < -0.3 is 15.2 Å². The zero-order valence-electron chi connectivity index (χ0n) is 11.4. The predicted octanol–water partition coefficient (Wildman–Crippen LogP) is 3.05. The summed E-state index contributed by atoms with van der Waals surface area (Å²) in [5.41, 5.74) is 0.937. The molecule has 1 aromatic rings. The smallest absolute Gasteiger partial charge is 0.320 e. The molecule has 0 saturated carbocycles. The Kier molecular flexibility index (Phi) is 6.31. The van der Waals surface area contributed by atoms with Crippen molar-refractivity contribution < 1.29 is 14.6 Å². The van der Waals surface area contributed by atoms with Crippen molar-refractivity contribution in [2.24, 2.45) is 5.92 Å². The molecule has 0 bridgehead atoms. The molecule has 0 aliphatic heterocycles. The number of carbonyl (C=O) groups is 1. The van der Waals surface area contributed by atoms with Crippen molar-refractivity contribution in [1.29, 1.82) is 0 Å². The molecule has 0 fully saturated rings. The molecule has 0 spiro atoms. The van der Waals surface area contributed by atoms with Crippen LogP contribution in [0, 0.1) is 5.92 Å². The molecular formula is C14H20BrNO3. The van der Waals surface area contributed by atoms with Crippen LogP contribution >= 0.6 is 15.9 Å². The van der Waals surface area contributed by atoms with Crippen LogP contribution in [0.15, 0.2) is 22.7 Å². The van der Waals surface area contributed by atoms with Gasteiger partial charge in [0, 0.05) is 12.1 Å². The van der Waals surface area contributed by atoms with E-state index in [1.165, 1.54) is 0 Å². The van der Waals surface area contributed by atoms with Gasteiger partial charge in [-0.3, -0.25) is 4.79 Å². The van der Waals surface area contributed by atoms with Crippen molar-refractivity contribution in [3.05, 3.63) is 28.2 Å². The van der Waals surface area contributed by atoms with E-state index in [0.717, 1.165) is 15.8 Å². The van der Waals surface area contributed by atoms with Crippen LogP contribution in [-0.2, 0) is 11.3 Å². The summed E-state index contributed by atoms with van der Waals surface area (Å²) in [4.78, 5) is 11.2. The Bertz CT molecular complexity index is 435. The molecule has 0 aliphatic rings. The second kappa shape index (κ2) is 7.50. The standard InChI is InChI=1S/C14H20BrNO3/c1-9(2)7-12(14(17)18)16-8-10-5-4-6-11(15)13(10)19-3/h4-6,9,12,16H,7-8H2,1-3H3,(H,17,18). The Hall–Kier alpha value is -1.07. The highest BCUT2D eigenvalue weighted by atomic mass is 79.9. The largest absolute Gasteiger partial charge is 0.495 e. The first-order chi connectivity index (χ1) is 8.95. The van der Waals surface area contributed by atoms with Crippen LogP contribution in [0.5, 0.6) is 5.75 Å². The average molecular weight is 330 g/mol. The number of aliphatic carboxylic acids is 1. The van der Waals surface area contributed by atoms with E-state index in [9.17, 15) is 9.90 Å². The highest BCUT2D eigenvalue weighted by Crippen LogP contribution is 2.28. The summed E-state index contributed by atoms with van der Waals surface area (Å²) in [5.74, 6) is 0.254. The van der Waals surface area contributed by atoms with Gasteiger partial charge in [-0.15, -0.1) is 0 Å². The maximum absolute atomic E-state index is 11.2. The van der Waals surface area contributed by atoms with Gasteiger partial charge in [0.2, 0.25) is 0 Å². The van der Waals surface area contributed by atoms with Gasteiger partial charge in [-0.1, -0.05) is 26.0 Å². The summed E-state index contributed by atoms with van der Waals surface area (Å²) in [6.45, 7) is 4.49. The number of carboxylic acids is 1. The van der Waals surface area contributed by atoms with Crippen molar-refractivity contribution in [3.8, 4) is 5.75 Å². The van der Waals surface area contributed by atoms with Crippen molar-refractivity contribution in [1.82, 2.24) is 5.32 Å². The van der Waals surface area contributed by atoms with Gasteiger partial charge in [0.15, 0.2) is 0 Å². The highest BCUT2D eigenvalue weighted by molar-refractivity contribution is 9.10. The van der Waals surface area contributed by atoms with Gasteiger partial charge in [0.1, 0.15) is 11.8 Å². The fraction of sp³-hybridized carbons (Fsp3) is 0.500. The normalized spacial score (nSPS) is 12.5. The van der Waals surface area contributed by atoms with Crippen LogP contribution in [0.4, 0.5) is 0 Å². The molecule has 4 nitrogen and oxygen atoms in total. The van der Waals surface area contributed by atoms with Gasteiger partial charge in [-0.05, 0) is 34.3 Å². The molecule has 0 amide bonds. The third kappa shape index (κ3) is 4.84. The molecule has 1 rings (SSSR count). The number of hydrogen-bond donors (Lipinski definition) is 2. The number of benzene rings is 1. The molecule has 0 aliphatic carbocycles. The SMILES string of the molecule is COc1c(Br)cccc1CNC(CC(C)C)C(=O)O. The number of ether oxygens (including phenoxy) is 1. The zero-order valence-corrected chi connectivity index (χ0v) is 13.0. The van der Waals surface area contributed by atoms with Crippen molar-refractivity contribution in [2.45, 2.75) is 32.9 Å². The summed E-state index contributed by atoms with van der Waals surface area (Å²) in [5, 5.41) is 12.2. The highest BCUT2D eigenvalue weighted by Gasteiger charge is 2.19.